The van der Waals surface area contributed by atoms with Crippen LogP contribution in [0.3, 0.4) is 0 Å². The van der Waals surface area contributed by atoms with Crippen LogP contribution in [0, 0.1) is 0 Å². The van der Waals surface area contributed by atoms with Gasteiger partial charge in [-0.2, -0.15) is 13.2 Å². The Kier molecular flexibility index (Phi) is 5.81. The first kappa shape index (κ1) is 15.2. The second-order valence-corrected chi connectivity index (χ2v) is 4.81. The molecule has 0 saturated heterocycles. The van der Waals surface area contributed by atoms with Crippen LogP contribution < -0.4 is 5.32 Å². The predicted molar refractivity (Wildman–Crippen MR) is 66.8 cm³/mol. The van der Waals surface area contributed by atoms with E-state index in [1.165, 1.54) is 0 Å². The highest BCUT2D eigenvalue weighted by Crippen LogP contribution is 2.29. The molecule has 0 aromatic heterocycles. The molecule has 1 aromatic rings. The Bertz CT molecular complexity index is 394. The van der Waals surface area contributed by atoms with E-state index in [1.54, 1.807) is 24.3 Å². The SMILES string of the molecule is O=C(NCCSC(F)(F)F)c1ccc(CCl)cc1. The zero-order chi connectivity index (χ0) is 13.6. The van der Waals surface area contributed by atoms with Crippen molar-refractivity contribution < 1.29 is 18.0 Å². The molecular formula is C11H11ClF3NOS. The Labute approximate surface area is 112 Å². The minimum absolute atomic E-state index is 0.0275. The Morgan fingerprint density at radius 3 is 2.39 bits per heavy atom. The molecule has 100 valence electrons. The lowest BCUT2D eigenvalue weighted by molar-refractivity contribution is -0.0327. The van der Waals surface area contributed by atoms with Crippen LogP contribution in [0.5, 0.6) is 0 Å². The molecule has 18 heavy (non-hydrogen) atoms. The van der Waals surface area contributed by atoms with E-state index < -0.39 is 5.51 Å². The molecule has 0 spiro atoms. The Hall–Kier alpha value is -0.880. The molecule has 1 rings (SSSR count). The molecule has 1 amide bonds. The molecule has 0 unspecified atom stereocenters. The van der Waals surface area contributed by atoms with Crippen molar-refractivity contribution in [3.8, 4) is 0 Å². The fourth-order valence-corrected chi connectivity index (χ4v) is 1.79. The molecular weight excluding hydrogens is 287 g/mol. The number of benzene rings is 1. The van der Waals surface area contributed by atoms with Gasteiger partial charge in [-0.05, 0) is 29.5 Å². The number of hydrogen-bond acceptors (Lipinski definition) is 2. The Balaban J connectivity index is 2.36. The summed E-state index contributed by atoms with van der Waals surface area (Å²) in [5.74, 6) is -0.238. The van der Waals surface area contributed by atoms with E-state index in [2.05, 4.69) is 5.32 Å². The van der Waals surface area contributed by atoms with Gasteiger partial charge in [0.05, 0.1) is 0 Å². The molecule has 0 heterocycles. The number of hydrogen-bond donors (Lipinski definition) is 1. The van der Waals surface area contributed by atoms with Crippen molar-refractivity contribution in [3.63, 3.8) is 0 Å². The monoisotopic (exact) mass is 297 g/mol. The lowest BCUT2D eigenvalue weighted by Gasteiger charge is -2.07. The standard InChI is InChI=1S/C11H11ClF3NOS/c12-7-8-1-3-9(4-2-8)10(17)16-5-6-18-11(13,14)15/h1-4H,5-7H2,(H,16,17). The molecule has 1 N–H and O–H groups in total. The summed E-state index contributed by atoms with van der Waals surface area (Å²) in [7, 11) is 0. The molecule has 7 heteroatoms. The summed E-state index contributed by atoms with van der Waals surface area (Å²) in [5.41, 5.74) is -2.98. The van der Waals surface area contributed by atoms with Crippen LogP contribution in [0.4, 0.5) is 13.2 Å². The maximum absolute atomic E-state index is 11.8. The first-order valence-corrected chi connectivity index (χ1v) is 6.58. The van der Waals surface area contributed by atoms with Gasteiger partial charge in [-0.25, -0.2) is 0 Å². The number of alkyl halides is 4. The van der Waals surface area contributed by atoms with Gasteiger partial charge in [0.25, 0.3) is 5.91 Å². The molecule has 0 fully saturated rings. The van der Waals surface area contributed by atoms with E-state index in [9.17, 15) is 18.0 Å². The molecule has 2 nitrogen and oxygen atoms in total. The van der Waals surface area contributed by atoms with Crippen LogP contribution in [0.1, 0.15) is 15.9 Å². The minimum Gasteiger partial charge on any atom is -0.351 e. The number of amides is 1. The van der Waals surface area contributed by atoms with Gasteiger partial charge < -0.3 is 5.32 Å². The summed E-state index contributed by atoms with van der Waals surface area (Å²) in [6.07, 6.45) is 0. The third-order valence-electron chi connectivity index (χ3n) is 2.02. The Morgan fingerprint density at radius 2 is 1.89 bits per heavy atom. The fourth-order valence-electron chi connectivity index (χ4n) is 1.18. The second-order valence-electron chi connectivity index (χ2n) is 3.38. The number of nitrogens with one attached hydrogen (secondary N) is 1. The predicted octanol–water partition coefficient (Wildman–Crippen LogP) is 3.41. The largest absolute Gasteiger partial charge is 0.441 e. The van der Waals surface area contributed by atoms with E-state index in [0.717, 1.165) is 5.56 Å². The molecule has 0 aliphatic carbocycles. The quantitative estimate of drug-likeness (QED) is 0.666. The first-order valence-electron chi connectivity index (χ1n) is 5.06. The summed E-state index contributed by atoms with van der Waals surface area (Å²) in [6, 6.07) is 6.58. The van der Waals surface area contributed by atoms with E-state index in [-0.39, 0.29) is 30.0 Å². The number of carbonyl (C=O) groups is 1. The third-order valence-corrected chi connectivity index (χ3v) is 3.07. The van der Waals surface area contributed by atoms with Gasteiger partial charge in [0.1, 0.15) is 0 Å². The first-order chi connectivity index (χ1) is 8.42. The number of thioether (sulfide) groups is 1. The van der Waals surface area contributed by atoms with Crippen molar-refractivity contribution in [2.75, 3.05) is 12.3 Å². The van der Waals surface area contributed by atoms with Crippen molar-refractivity contribution in [3.05, 3.63) is 35.4 Å². The molecule has 0 bridgehead atoms. The molecule has 0 saturated carbocycles. The van der Waals surface area contributed by atoms with Gasteiger partial charge in [0, 0.05) is 23.7 Å². The molecule has 0 atom stereocenters. The molecule has 0 aliphatic rings. The zero-order valence-corrected chi connectivity index (χ0v) is 10.8. The number of rotatable bonds is 5. The highest BCUT2D eigenvalue weighted by molar-refractivity contribution is 8.00. The average Bonchev–Trinajstić information content (AvgIpc) is 2.33. The van der Waals surface area contributed by atoms with Crippen LogP contribution >= 0.6 is 23.4 Å². The van der Waals surface area contributed by atoms with E-state index in [1.807, 2.05) is 0 Å². The van der Waals surface area contributed by atoms with Crippen LogP contribution in [-0.4, -0.2) is 23.7 Å². The van der Waals surface area contributed by atoms with Crippen molar-refractivity contribution in [2.24, 2.45) is 0 Å². The van der Waals surface area contributed by atoms with E-state index >= 15 is 0 Å². The fraction of sp³-hybridized carbons (Fsp3) is 0.364. The third kappa shape index (κ3) is 5.64. The van der Waals surface area contributed by atoms with Crippen molar-refractivity contribution in [2.45, 2.75) is 11.4 Å². The summed E-state index contributed by atoms with van der Waals surface area (Å²) < 4.78 is 35.5. The zero-order valence-electron chi connectivity index (χ0n) is 9.26. The summed E-state index contributed by atoms with van der Waals surface area (Å²) in [5, 5.41) is 2.42. The van der Waals surface area contributed by atoms with Crippen molar-refractivity contribution in [1.29, 1.82) is 0 Å². The highest BCUT2D eigenvalue weighted by atomic mass is 35.5. The van der Waals surface area contributed by atoms with Gasteiger partial charge in [0.2, 0.25) is 0 Å². The number of halogens is 4. The van der Waals surface area contributed by atoms with Crippen LogP contribution in [0.15, 0.2) is 24.3 Å². The highest BCUT2D eigenvalue weighted by Gasteiger charge is 2.27. The normalized spacial score (nSPS) is 11.3. The van der Waals surface area contributed by atoms with E-state index in [4.69, 9.17) is 11.6 Å². The van der Waals surface area contributed by atoms with Crippen LogP contribution in [0.2, 0.25) is 0 Å². The molecule has 0 aliphatic heterocycles. The second kappa shape index (κ2) is 6.89. The average molecular weight is 298 g/mol. The molecule has 0 radical (unpaired) electrons. The maximum Gasteiger partial charge on any atom is 0.441 e. The van der Waals surface area contributed by atoms with E-state index in [0.29, 0.717) is 11.4 Å². The Morgan fingerprint density at radius 1 is 1.28 bits per heavy atom. The topological polar surface area (TPSA) is 29.1 Å². The van der Waals surface area contributed by atoms with Gasteiger partial charge in [-0.3, -0.25) is 4.79 Å². The number of carbonyl (C=O) groups excluding carboxylic acids is 1. The van der Waals surface area contributed by atoms with Gasteiger partial charge in [-0.15, -0.1) is 11.6 Å². The molecule has 1 aromatic carbocycles. The summed E-state index contributed by atoms with van der Waals surface area (Å²) >= 11 is 5.44. The van der Waals surface area contributed by atoms with Crippen molar-refractivity contribution >= 4 is 29.3 Å². The summed E-state index contributed by atoms with van der Waals surface area (Å²) in [6.45, 7) is -0.0275. The lowest BCUT2D eigenvalue weighted by Crippen LogP contribution is -2.26. The van der Waals surface area contributed by atoms with Gasteiger partial charge >= 0.3 is 5.51 Å². The maximum atomic E-state index is 11.8. The van der Waals surface area contributed by atoms with Crippen LogP contribution in [-0.2, 0) is 5.88 Å². The lowest BCUT2D eigenvalue weighted by atomic mass is 10.1. The minimum atomic E-state index is -4.26. The summed E-state index contributed by atoms with van der Waals surface area (Å²) in [4.78, 5) is 11.5. The van der Waals surface area contributed by atoms with Gasteiger partial charge in [-0.1, -0.05) is 12.1 Å². The van der Waals surface area contributed by atoms with Gasteiger partial charge in [0.15, 0.2) is 0 Å². The smallest absolute Gasteiger partial charge is 0.351 e. The van der Waals surface area contributed by atoms with Crippen molar-refractivity contribution in [1.82, 2.24) is 5.32 Å². The van der Waals surface area contributed by atoms with Crippen LogP contribution in [0.25, 0.3) is 0 Å².